The highest BCUT2D eigenvalue weighted by Gasteiger charge is 2.35. The van der Waals surface area contributed by atoms with Gasteiger partial charge in [0.2, 0.25) is 10.0 Å². The van der Waals surface area contributed by atoms with Gasteiger partial charge in [-0.1, -0.05) is 41.9 Å². The molecule has 0 spiro atoms. The maximum absolute atomic E-state index is 13.5. The van der Waals surface area contributed by atoms with Gasteiger partial charge in [0.05, 0.1) is 16.8 Å². The molecule has 4 rings (SSSR count). The van der Waals surface area contributed by atoms with Crippen LogP contribution < -0.4 is 16.0 Å². The molecule has 0 saturated heterocycles. The number of carbonyl (C=O) groups excluding carboxylic acids is 2. The number of aromatic nitrogens is 1. The van der Waals surface area contributed by atoms with E-state index >= 15 is 0 Å². The minimum atomic E-state index is -3.99. The molecule has 1 atom stereocenters. The molecule has 1 heterocycles. The molecule has 11 heteroatoms. The molecule has 0 radical (unpaired) electrons. The van der Waals surface area contributed by atoms with Crippen LogP contribution in [0.25, 0.3) is 0 Å². The molecular formula is C23H22ClFN4O4S. The fourth-order valence-corrected chi connectivity index (χ4v) is 5.68. The van der Waals surface area contributed by atoms with Crippen molar-refractivity contribution >= 4 is 39.2 Å². The molecule has 0 saturated carbocycles. The zero-order chi connectivity index (χ0) is 24.5. The van der Waals surface area contributed by atoms with E-state index < -0.39 is 33.8 Å². The van der Waals surface area contributed by atoms with Gasteiger partial charge in [0.15, 0.2) is 0 Å². The van der Waals surface area contributed by atoms with Crippen LogP contribution in [0.5, 0.6) is 0 Å². The van der Waals surface area contributed by atoms with Crippen LogP contribution in [0.1, 0.15) is 39.6 Å². The predicted molar refractivity (Wildman–Crippen MR) is 127 cm³/mol. The van der Waals surface area contributed by atoms with Crippen molar-refractivity contribution in [2.24, 2.45) is 0 Å². The van der Waals surface area contributed by atoms with E-state index in [1.807, 2.05) is 0 Å². The van der Waals surface area contributed by atoms with Crippen molar-refractivity contribution < 1.29 is 22.4 Å². The second kappa shape index (κ2) is 9.47. The Morgan fingerprint density at radius 3 is 2.59 bits per heavy atom. The molecule has 0 bridgehead atoms. The third-order valence-corrected chi connectivity index (χ3v) is 7.46. The number of hydrogen-bond donors (Lipinski definition) is 3. The first-order chi connectivity index (χ1) is 16.2. The second-order valence-electron chi connectivity index (χ2n) is 7.85. The Labute approximate surface area is 201 Å². The first-order valence-corrected chi connectivity index (χ1v) is 12.4. The number of nitrogens with zero attached hydrogens (tertiary/aromatic N) is 1. The number of benzene rings is 2. The number of urea groups is 1. The number of hydrogen-bond acceptors (Lipinski definition) is 4. The van der Waals surface area contributed by atoms with E-state index in [4.69, 9.17) is 11.6 Å². The molecule has 2 aromatic carbocycles. The number of fused-ring (bicyclic) bond motifs is 1. The van der Waals surface area contributed by atoms with Crippen molar-refractivity contribution in [2.45, 2.75) is 24.6 Å². The van der Waals surface area contributed by atoms with Crippen LogP contribution in [0, 0.1) is 5.82 Å². The Balaban J connectivity index is 1.75. The zero-order valence-electron chi connectivity index (χ0n) is 18.1. The lowest BCUT2D eigenvalue weighted by Gasteiger charge is -2.14. The molecule has 1 aliphatic carbocycles. The topological polar surface area (TPSA) is 109 Å². The molecule has 178 valence electrons. The molecule has 1 aromatic heterocycles. The summed E-state index contributed by atoms with van der Waals surface area (Å²) < 4.78 is 41.3. The van der Waals surface area contributed by atoms with Crippen molar-refractivity contribution in [3.63, 3.8) is 0 Å². The van der Waals surface area contributed by atoms with E-state index in [0.29, 0.717) is 29.5 Å². The van der Waals surface area contributed by atoms with Crippen LogP contribution in [0.4, 0.5) is 14.9 Å². The summed E-state index contributed by atoms with van der Waals surface area (Å²) in [6, 6.07) is 11.4. The number of carbonyl (C=O) groups is 2. The minimum absolute atomic E-state index is 0.0485. The summed E-state index contributed by atoms with van der Waals surface area (Å²) >= 11 is 5.82. The summed E-state index contributed by atoms with van der Waals surface area (Å²) in [6.45, 7) is 0. The summed E-state index contributed by atoms with van der Waals surface area (Å²) in [4.78, 5) is 25.2. The molecule has 8 nitrogen and oxygen atoms in total. The lowest BCUT2D eigenvalue weighted by Crippen LogP contribution is -2.34. The van der Waals surface area contributed by atoms with Crippen LogP contribution in [0.2, 0.25) is 5.02 Å². The van der Waals surface area contributed by atoms with Crippen molar-refractivity contribution in [3.05, 3.63) is 88.0 Å². The van der Waals surface area contributed by atoms with E-state index in [-0.39, 0.29) is 22.2 Å². The number of halogens is 2. The number of nitrogens with one attached hydrogen (secondary N) is 3. The van der Waals surface area contributed by atoms with Crippen molar-refractivity contribution in [2.75, 3.05) is 12.4 Å². The molecule has 3 N–H and O–H groups in total. The molecular weight excluding hydrogens is 483 g/mol. The smallest absolute Gasteiger partial charge is 0.315 e. The maximum atomic E-state index is 13.5. The summed E-state index contributed by atoms with van der Waals surface area (Å²) in [5.74, 6) is -1.64. The number of anilines is 1. The summed E-state index contributed by atoms with van der Waals surface area (Å²) in [7, 11) is -2.51. The lowest BCUT2D eigenvalue weighted by molar-refractivity contribution is 0.102. The van der Waals surface area contributed by atoms with Gasteiger partial charge in [0.25, 0.3) is 5.91 Å². The van der Waals surface area contributed by atoms with Gasteiger partial charge in [-0.3, -0.25) is 4.79 Å². The Morgan fingerprint density at radius 2 is 1.91 bits per heavy atom. The highest BCUT2D eigenvalue weighted by molar-refractivity contribution is 7.89. The van der Waals surface area contributed by atoms with Gasteiger partial charge in [-0.15, -0.1) is 0 Å². The fraction of sp³-hybridized carbons (Fsp3) is 0.217. The van der Waals surface area contributed by atoms with Crippen molar-refractivity contribution in [1.29, 1.82) is 0 Å². The summed E-state index contributed by atoms with van der Waals surface area (Å²) in [6.07, 6.45) is 2.30. The average Bonchev–Trinajstić information content (AvgIpc) is 3.37. The second-order valence-corrected chi connectivity index (χ2v) is 10.1. The van der Waals surface area contributed by atoms with Gasteiger partial charge in [-0.25, -0.2) is 21.6 Å². The first-order valence-electron chi connectivity index (χ1n) is 10.5. The lowest BCUT2D eigenvalue weighted by atomic mass is 10.1. The summed E-state index contributed by atoms with van der Waals surface area (Å²) in [5, 5.41) is 7.69. The Morgan fingerprint density at radius 1 is 1.18 bits per heavy atom. The zero-order valence-corrected chi connectivity index (χ0v) is 19.7. The fourth-order valence-electron chi connectivity index (χ4n) is 4.00. The predicted octanol–water partition coefficient (Wildman–Crippen LogP) is 3.83. The molecule has 1 aliphatic rings. The number of amides is 3. The quantitative estimate of drug-likeness (QED) is 0.474. The number of rotatable bonds is 6. The van der Waals surface area contributed by atoms with Crippen LogP contribution >= 0.6 is 11.6 Å². The van der Waals surface area contributed by atoms with Gasteiger partial charge < -0.3 is 16.0 Å². The van der Waals surface area contributed by atoms with Gasteiger partial charge in [-0.2, -0.15) is 0 Å². The molecule has 34 heavy (non-hydrogen) atoms. The van der Waals surface area contributed by atoms with Gasteiger partial charge >= 0.3 is 6.03 Å². The van der Waals surface area contributed by atoms with Gasteiger partial charge in [-0.05, 0) is 47.7 Å². The molecule has 3 amide bonds. The van der Waals surface area contributed by atoms with Crippen molar-refractivity contribution in [3.8, 4) is 0 Å². The summed E-state index contributed by atoms with van der Waals surface area (Å²) in [5.41, 5.74) is 1.82. The minimum Gasteiger partial charge on any atom is -0.341 e. The van der Waals surface area contributed by atoms with Crippen LogP contribution in [0.3, 0.4) is 0 Å². The molecule has 1 unspecified atom stereocenters. The molecule has 0 fully saturated rings. The van der Waals surface area contributed by atoms with Crippen LogP contribution in [0.15, 0.2) is 54.7 Å². The highest BCUT2D eigenvalue weighted by atomic mass is 35.5. The Kier molecular flexibility index (Phi) is 6.63. The molecule has 0 aliphatic heterocycles. The van der Waals surface area contributed by atoms with Crippen molar-refractivity contribution in [1.82, 2.24) is 14.6 Å². The molecule has 3 aromatic rings. The largest absolute Gasteiger partial charge is 0.341 e. The van der Waals surface area contributed by atoms with E-state index in [2.05, 4.69) is 16.0 Å². The SMILES string of the molecule is CNC(=O)NC1CCc2c1cn(S(=O)(=O)Cc1ccccc1)c2C(=O)Nc1ccc(F)c(Cl)c1. The van der Waals surface area contributed by atoms with E-state index in [9.17, 15) is 22.4 Å². The van der Waals surface area contributed by atoms with E-state index in [1.165, 1.54) is 25.4 Å². The maximum Gasteiger partial charge on any atom is 0.315 e. The third kappa shape index (κ3) is 4.78. The standard InChI is InChI=1S/C23H22ClFN4O4S/c1-26-23(31)28-20-10-8-16-17(20)12-29(34(32,33)13-14-5-3-2-4-6-14)21(16)22(30)27-15-7-9-19(25)18(24)11-15/h2-7,9,11-12,20H,8,10,13H2,1H3,(H,27,30)(H2,26,28,31). The first kappa shape index (κ1) is 23.8. The highest BCUT2D eigenvalue weighted by Crippen LogP contribution is 2.36. The van der Waals surface area contributed by atoms with Gasteiger partial charge in [0.1, 0.15) is 11.5 Å². The van der Waals surface area contributed by atoms with E-state index in [0.717, 1.165) is 10.0 Å². The van der Waals surface area contributed by atoms with Gasteiger partial charge in [0, 0.05) is 18.9 Å². The van der Waals surface area contributed by atoms with Crippen LogP contribution in [-0.2, 0) is 22.2 Å². The monoisotopic (exact) mass is 504 g/mol. The Hall–Kier alpha value is -3.37. The average molecular weight is 505 g/mol. The third-order valence-electron chi connectivity index (χ3n) is 5.59. The van der Waals surface area contributed by atoms with E-state index in [1.54, 1.807) is 30.3 Å². The Bertz CT molecular complexity index is 1360. The normalized spacial score (nSPS) is 15.0. The van der Waals surface area contributed by atoms with Crippen LogP contribution in [-0.4, -0.2) is 31.4 Å².